The summed E-state index contributed by atoms with van der Waals surface area (Å²) < 4.78 is 16.2. The zero-order chi connectivity index (χ0) is 26.3. The lowest BCUT2D eigenvalue weighted by molar-refractivity contribution is 0.137. The molecular weight excluding hydrogens is 495 g/mol. The SMILES string of the molecule is OC(Nc1cncc(-c2ccc3[nH]nc(-c4nc5nccc(-c6cccnc6)c5[nH]4)c3c2F)c1)C1CCCC1. The molecule has 0 radical (unpaired) electrons. The molecule has 1 atom stereocenters. The first-order valence-electron chi connectivity index (χ1n) is 13.0. The van der Waals surface area contributed by atoms with Crippen molar-refractivity contribution in [2.24, 2.45) is 5.92 Å². The molecule has 1 unspecified atom stereocenters. The molecule has 0 saturated heterocycles. The van der Waals surface area contributed by atoms with Crippen molar-refractivity contribution in [1.82, 2.24) is 35.1 Å². The number of rotatable bonds is 6. The van der Waals surface area contributed by atoms with E-state index in [2.05, 4.69) is 40.4 Å². The molecule has 0 aliphatic heterocycles. The van der Waals surface area contributed by atoms with Gasteiger partial charge in [-0.2, -0.15) is 5.10 Å². The summed E-state index contributed by atoms with van der Waals surface area (Å²) in [6.07, 6.45) is 12.0. The van der Waals surface area contributed by atoms with Crippen LogP contribution in [0.15, 0.2) is 67.4 Å². The molecule has 194 valence electrons. The molecule has 1 aliphatic rings. The third-order valence-electron chi connectivity index (χ3n) is 7.47. The highest BCUT2D eigenvalue weighted by atomic mass is 19.1. The number of benzene rings is 1. The summed E-state index contributed by atoms with van der Waals surface area (Å²) in [4.78, 5) is 20.8. The van der Waals surface area contributed by atoms with Gasteiger partial charge in [0.05, 0.1) is 28.3 Å². The van der Waals surface area contributed by atoms with Gasteiger partial charge >= 0.3 is 0 Å². The Morgan fingerprint density at radius 3 is 2.69 bits per heavy atom. The van der Waals surface area contributed by atoms with E-state index in [1.165, 1.54) is 0 Å². The van der Waals surface area contributed by atoms with Crippen molar-refractivity contribution in [3.63, 3.8) is 0 Å². The first-order chi connectivity index (χ1) is 19.2. The number of fused-ring (bicyclic) bond motifs is 2. The smallest absolute Gasteiger partial charge is 0.178 e. The summed E-state index contributed by atoms with van der Waals surface area (Å²) in [5.74, 6) is 0.184. The average molecular weight is 521 g/mol. The second kappa shape index (κ2) is 9.55. The van der Waals surface area contributed by atoms with Crippen LogP contribution in [0.5, 0.6) is 0 Å². The molecule has 9 nitrogen and oxygen atoms in total. The minimum absolute atomic E-state index is 0.215. The third kappa shape index (κ3) is 4.18. The van der Waals surface area contributed by atoms with Crippen molar-refractivity contribution in [3.8, 4) is 33.8 Å². The molecule has 0 spiro atoms. The van der Waals surface area contributed by atoms with Crippen LogP contribution in [0.25, 0.3) is 55.8 Å². The van der Waals surface area contributed by atoms with Gasteiger partial charge in [0, 0.05) is 53.0 Å². The Balaban J connectivity index is 1.28. The van der Waals surface area contributed by atoms with Gasteiger partial charge in [-0.3, -0.25) is 15.1 Å². The highest BCUT2D eigenvalue weighted by Crippen LogP contribution is 2.36. The maximum Gasteiger partial charge on any atom is 0.178 e. The van der Waals surface area contributed by atoms with Gasteiger partial charge in [0.25, 0.3) is 0 Å². The Morgan fingerprint density at radius 2 is 1.85 bits per heavy atom. The van der Waals surface area contributed by atoms with Crippen molar-refractivity contribution in [3.05, 3.63) is 73.2 Å². The summed E-state index contributed by atoms with van der Waals surface area (Å²) in [6.45, 7) is 0. The molecule has 1 aliphatic carbocycles. The molecule has 0 amide bonds. The van der Waals surface area contributed by atoms with Crippen LogP contribution in [-0.4, -0.2) is 46.5 Å². The molecule has 5 heterocycles. The van der Waals surface area contributed by atoms with E-state index in [1.54, 1.807) is 49.2 Å². The maximum absolute atomic E-state index is 16.2. The lowest BCUT2D eigenvalue weighted by Gasteiger charge is -2.20. The van der Waals surface area contributed by atoms with Crippen LogP contribution in [-0.2, 0) is 0 Å². The molecule has 1 saturated carbocycles. The zero-order valence-electron chi connectivity index (χ0n) is 20.9. The topological polar surface area (TPSA) is 128 Å². The lowest BCUT2D eigenvalue weighted by Crippen LogP contribution is -2.26. The van der Waals surface area contributed by atoms with Crippen LogP contribution >= 0.6 is 0 Å². The quantitative estimate of drug-likeness (QED) is 0.208. The third-order valence-corrected chi connectivity index (χ3v) is 7.47. The van der Waals surface area contributed by atoms with E-state index in [4.69, 9.17) is 0 Å². The molecule has 5 aromatic heterocycles. The van der Waals surface area contributed by atoms with Crippen molar-refractivity contribution >= 4 is 27.8 Å². The van der Waals surface area contributed by atoms with Crippen molar-refractivity contribution < 1.29 is 9.50 Å². The number of aromatic amines is 2. The second-order valence-electron chi connectivity index (χ2n) is 9.90. The largest absolute Gasteiger partial charge is 0.374 e. The molecule has 39 heavy (non-hydrogen) atoms. The number of halogens is 1. The molecular formula is C29H25FN8O. The zero-order valence-corrected chi connectivity index (χ0v) is 20.9. The molecule has 4 N–H and O–H groups in total. The predicted octanol–water partition coefficient (Wildman–Crippen LogP) is 5.68. The number of H-pyrrole nitrogens is 2. The van der Waals surface area contributed by atoms with Gasteiger partial charge in [-0.25, -0.2) is 14.4 Å². The summed E-state index contributed by atoms with van der Waals surface area (Å²) in [7, 11) is 0. The van der Waals surface area contributed by atoms with Crippen LogP contribution < -0.4 is 5.32 Å². The van der Waals surface area contributed by atoms with Crippen LogP contribution in [0.2, 0.25) is 0 Å². The lowest BCUT2D eigenvalue weighted by atomic mass is 10.0. The van der Waals surface area contributed by atoms with Gasteiger partial charge in [-0.15, -0.1) is 0 Å². The van der Waals surface area contributed by atoms with Gasteiger partial charge in [-0.1, -0.05) is 18.9 Å². The molecule has 6 aromatic rings. The van der Waals surface area contributed by atoms with E-state index < -0.39 is 12.0 Å². The number of aliphatic hydroxyl groups excluding tert-OH is 1. The number of pyridine rings is 3. The van der Waals surface area contributed by atoms with E-state index >= 15 is 4.39 Å². The standard InChI is InChI=1S/C29H25FN8O/c30-24-20(18-12-19(15-32-14-18)34-29(39)16-4-1-2-5-16)7-8-22-23(24)26(38-37-22)28-35-25-21(9-11-33-27(25)36-28)17-6-3-10-31-13-17/h3,6-16,29,34,39H,1-2,4-5H2,(H,37,38)(H,33,35,36). The van der Waals surface area contributed by atoms with Crippen molar-refractivity contribution in [2.75, 3.05) is 5.32 Å². The summed E-state index contributed by atoms with van der Waals surface area (Å²) in [6, 6.07) is 11.0. The monoisotopic (exact) mass is 520 g/mol. The highest BCUT2D eigenvalue weighted by Gasteiger charge is 2.24. The average Bonchev–Trinajstić information content (AvgIpc) is 3.73. The number of aliphatic hydroxyl groups is 1. The molecule has 1 aromatic carbocycles. The number of hydrogen-bond donors (Lipinski definition) is 4. The summed E-state index contributed by atoms with van der Waals surface area (Å²) >= 11 is 0. The second-order valence-corrected chi connectivity index (χ2v) is 9.90. The number of imidazole rings is 1. The van der Waals surface area contributed by atoms with Crippen LogP contribution in [0.4, 0.5) is 10.1 Å². The normalized spacial score (nSPS) is 14.8. The number of nitrogens with zero attached hydrogens (tertiary/aromatic N) is 5. The van der Waals surface area contributed by atoms with E-state index in [0.29, 0.717) is 44.9 Å². The molecule has 7 rings (SSSR count). The van der Waals surface area contributed by atoms with Gasteiger partial charge < -0.3 is 15.4 Å². The number of nitrogens with one attached hydrogen (secondary N) is 3. The first-order valence-corrected chi connectivity index (χ1v) is 13.0. The Morgan fingerprint density at radius 1 is 0.974 bits per heavy atom. The van der Waals surface area contributed by atoms with Crippen LogP contribution in [0.3, 0.4) is 0 Å². The van der Waals surface area contributed by atoms with Gasteiger partial charge in [0.15, 0.2) is 11.5 Å². The Labute approximate surface area is 222 Å². The van der Waals surface area contributed by atoms with E-state index in [9.17, 15) is 5.11 Å². The maximum atomic E-state index is 16.2. The summed E-state index contributed by atoms with van der Waals surface area (Å²) in [5.41, 5.74) is 5.55. The first kappa shape index (κ1) is 23.4. The minimum Gasteiger partial charge on any atom is -0.374 e. The van der Waals surface area contributed by atoms with E-state index in [-0.39, 0.29) is 5.92 Å². The Kier molecular flexibility index (Phi) is 5.74. The van der Waals surface area contributed by atoms with Crippen molar-refractivity contribution in [2.45, 2.75) is 31.9 Å². The molecule has 1 fully saturated rings. The number of aromatic nitrogens is 7. The Bertz CT molecular complexity index is 1790. The highest BCUT2D eigenvalue weighted by molar-refractivity contribution is 5.98. The Hall–Kier alpha value is -4.70. The van der Waals surface area contributed by atoms with Crippen molar-refractivity contribution in [1.29, 1.82) is 0 Å². The molecule has 10 heteroatoms. The van der Waals surface area contributed by atoms with Gasteiger partial charge in [0.1, 0.15) is 17.7 Å². The summed E-state index contributed by atoms with van der Waals surface area (Å²) in [5, 5.41) is 21.4. The van der Waals surface area contributed by atoms with E-state index in [0.717, 1.165) is 42.3 Å². The predicted molar refractivity (Wildman–Crippen MR) is 147 cm³/mol. The van der Waals surface area contributed by atoms with Crippen LogP contribution in [0, 0.1) is 11.7 Å². The van der Waals surface area contributed by atoms with Gasteiger partial charge in [0.2, 0.25) is 0 Å². The number of anilines is 1. The number of hydrogen-bond acceptors (Lipinski definition) is 7. The van der Waals surface area contributed by atoms with Gasteiger partial charge in [-0.05, 0) is 43.2 Å². The van der Waals surface area contributed by atoms with E-state index in [1.807, 2.05) is 18.2 Å². The minimum atomic E-state index is -0.657. The fraction of sp³-hybridized carbons (Fsp3) is 0.207. The fourth-order valence-corrected chi connectivity index (χ4v) is 5.48. The van der Waals surface area contributed by atoms with Crippen LogP contribution in [0.1, 0.15) is 25.7 Å². The fourth-order valence-electron chi connectivity index (χ4n) is 5.48. The molecule has 0 bridgehead atoms.